The number of carbonyl (C=O) groups excluding carboxylic acids is 1. The number of amides is 2. The molecule has 1 aliphatic heterocycles. The van der Waals surface area contributed by atoms with Gasteiger partial charge in [-0.05, 0) is 24.3 Å². The molecule has 0 spiro atoms. The molecule has 5 heteroatoms. The number of alkyl halides is 1. The molecule has 3 nitrogen and oxygen atoms in total. The predicted molar refractivity (Wildman–Crippen MR) is 52.9 cm³/mol. The topological polar surface area (TPSA) is 41.1 Å². The van der Waals surface area contributed by atoms with Crippen molar-refractivity contribution < 1.29 is 9.18 Å². The Morgan fingerprint density at radius 2 is 2.15 bits per heavy atom. The van der Waals surface area contributed by atoms with Gasteiger partial charge in [0.1, 0.15) is 6.67 Å². The minimum absolute atomic E-state index is 0.104. The summed E-state index contributed by atoms with van der Waals surface area (Å²) in [5, 5.41) is 5.27. The van der Waals surface area contributed by atoms with Gasteiger partial charge in [-0.2, -0.15) is 11.8 Å². The zero-order valence-electron chi connectivity index (χ0n) is 7.51. The zero-order chi connectivity index (χ0) is 9.52. The lowest BCUT2D eigenvalue weighted by Crippen LogP contribution is -2.44. The van der Waals surface area contributed by atoms with E-state index < -0.39 is 6.67 Å². The van der Waals surface area contributed by atoms with E-state index in [9.17, 15) is 9.18 Å². The van der Waals surface area contributed by atoms with Gasteiger partial charge in [-0.1, -0.05) is 0 Å². The number of carbonyl (C=O) groups is 1. The molecule has 1 saturated heterocycles. The van der Waals surface area contributed by atoms with E-state index in [0.717, 1.165) is 24.3 Å². The third kappa shape index (κ3) is 4.36. The van der Waals surface area contributed by atoms with E-state index >= 15 is 0 Å². The zero-order valence-corrected chi connectivity index (χ0v) is 8.33. The predicted octanol–water partition coefficient (Wildman–Crippen LogP) is 1.15. The largest absolute Gasteiger partial charge is 0.336 e. The fraction of sp³-hybridized carbons (Fsp3) is 0.875. The lowest BCUT2D eigenvalue weighted by molar-refractivity contribution is 0.235. The van der Waals surface area contributed by atoms with Gasteiger partial charge in [-0.25, -0.2) is 9.18 Å². The van der Waals surface area contributed by atoms with Crippen LogP contribution < -0.4 is 10.6 Å². The van der Waals surface area contributed by atoms with Gasteiger partial charge >= 0.3 is 6.03 Å². The van der Waals surface area contributed by atoms with Gasteiger partial charge in [0.2, 0.25) is 0 Å². The first-order valence-electron chi connectivity index (χ1n) is 4.51. The Hall–Kier alpha value is -0.450. The normalized spacial score (nSPS) is 18.2. The second-order valence-electron chi connectivity index (χ2n) is 2.98. The summed E-state index contributed by atoms with van der Waals surface area (Å²) in [6, 6.07) is 0.0374. The van der Waals surface area contributed by atoms with Crippen LogP contribution in [0.5, 0.6) is 0 Å². The van der Waals surface area contributed by atoms with Crippen LogP contribution in [0.4, 0.5) is 9.18 Å². The van der Waals surface area contributed by atoms with E-state index in [2.05, 4.69) is 10.6 Å². The first-order chi connectivity index (χ1) is 6.33. The Morgan fingerprint density at radius 3 is 2.77 bits per heavy atom. The average molecular weight is 206 g/mol. The maximum Gasteiger partial charge on any atom is 0.315 e. The lowest BCUT2D eigenvalue weighted by Gasteiger charge is -2.22. The minimum atomic E-state index is -0.506. The molecule has 0 bridgehead atoms. The number of hydrogen-bond donors (Lipinski definition) is 2. The Kier molecular flexibility index (Phi) is 4.97. The van der Waals surface area contributed by atoms with Crippen LogP contribution in [0.15, 0.2) is 0 Å². The van der Waals surface area contributed by atoms with Crippen LogP contribution in [0.25, 0.3) is 0 Å². The highest BCUT2D eigenvalue weighted by Crippen LogP contribution is 2.16. The number of halogens is 1. The van der Waals surface area contributed by atoms with Gasteiger partial charge in [0, 0.05) is 12.6 Å². The van der Waals surface area contributed by atoms with Crippen molar-refractivity contribution in [1.29, 1.82) is 0 Å². The summed E-state index contributed by atoms with van der Waals surface area (Å²) in [7, 11) is 0. The molecular weight excluding hydrogens is 191 g/mol. The fourth-order valence-corrected chi connectivity index (χ4v) is 2.35. The number of hydrogen-bond acceptors (Lipinski definition) is 2. The van der Waals surface area contributed by atoms with Crippen molar-refractivity contribution in [2.45, 2.75) is 18.9 Å². The average Bonchev–Trinajstić information content (AvgIpc) is 2.16. The van der Waals surface area contributed by atoms with Crippen molar-refractivity contribution in [2.24, 2.45) is 0 Å². The quantitative estimate of drug-likeness (QED) is 0.727. The molecule has 2 amide bonds. The molecule has 1 aliphatic rings. The Balaban J connectivity index is 2.11. The Morgan fingerprint density at radius 1 is 1.46 bits per heavy atom. The molecule has 0 aliphatic carbocycles. The first kappa shape index (κ1) is 10.6. The van der Waals surface area contributed by atoms with Crippen LogP contribution in [0, 0.1) is 0 Å². The molecule has 76 valence electrons. The molecule has 0 saturated carbocycles. The molecule has 13 heavy (non-hydrogen) atoms. The summed E-state index contributed by atoms with van der Waals surface area (Å²) in [5.41, 5.74) is 0. The van der Waals surface area contributed by atoms with Gasteiger partial charge in [0.05, 0.1) is 0 Å². The van der Waals surface area contributed by atoms with Crippen molar-refractivity contribution in [1.82, 2.24) is 10.6 Å². The van der Waals surface area contributed by atoms with Crippen LogP contribution in [-0.2, 0) is 0 Å². The minimum Gasteiger partial charge on any atom is -0.336 e. The molecule has 0 unspecified atom stereocenters. The van der Waals surface area contributed by atoms with E-state index in [4.69, 9.17) is 0 Å². The second-order valence-corrected chi connectivity index (χ2v) is 4.20. The van der Waals surface area contributed by atoms with Crippen molar-refractivity contribution in [2.75, 3.05) is 24.7 Å². The monoisotopic (exact) mass is 206 g/mol. The van der Waals surface area contributed by atoms with Crippen molar-refractivity contribution in [3.8, 4) is 0 Å². The van der Waals surface area contributed by atoms with Crippen molar-refractivity contribution in [3.63, 3.8) is 0 Å². The van der Waals surface area contributed by atoms with Crippen molar-refractivity contribution >= 4 is 17.8 Å². The number of urea groups is 1. The maximum absolute atomic E-state index is 11.7. The molecule has 1 fully saturated rings. The molecule has 0 aromatic heterocycles. The van der Waals surface area contributed by atoms with Crippen LogP contribution >= 0.6 is 11.8 Å². The Bertz CT molecular complexity index is 162. The summed E-state index contributed by atoms with van der Waals surface area (Å²) < 4.78 is 11.7. The molecule has 0 aromatic carbocycles. The fourth-order valence-electron chi connectivity index (χ4n) is 1.24. The van der Waals surface area contributed by atoms with Crippen LogP contribution in [0.3, 0.4) is 0 Å². The molecule has 2 N–H and O–H groups in total. The highest BCUT2D eigenvalue weighted by Gasteiger charge is 2.15. The number of thioether (sulfide) groups is 1. The maximum atomic E-state index is 11.7. The molecule has 1 rings (SSSR count). The van der Waals surface area contributed by atoms with E-state index in [1.165, 1.54) is 0 Å². The molecule has 0 atom stereocenters. The van der Waals surface area contributed by atoms with Crippen LogP contribution in [0.1, 0.15) is 12.8 Å². The Labute approximate surface area is 81.8 Å². The second kappa shape index (κ2) is 6.07. The summed E-state index contributed by atoms with van der Waals surface area (Å²) in [5.74, 6) is 2.21. The smallest absolute Gasteiger partial charge is 0.315 e. The molecule has 1 heterocycles. The van der Waals surface area contributed by atoms with Gasteiger partial charge in [-0.15, -0.1) is 0 Å². The SMILES string of the molecule is O=C(NCCF)NC1CCSCC1. The standard InChI is InChI=1S/C8H15FN2OS/c9-3-4-10-8(12)11-7-1-5-13-6-2-7/h7H,1-6H2,(H2,10,11,12). The molecule has 0 radical (unpaired) electrons. The summed E-state index contributed by atoms with van der Waals surface area (Å²) in [4.78, 5) is 11.1. The molecular formula is C8H15FN2OS. The molecule has 0 aromatic rings. The lowest BCUT2D eigenvalue weighted by atomic mass is 10.2. The third-order valence-corrected chi connectivity index (χ3v) is 2.99. The van der Waals surface area contributed by atoms with Crippen LogP contribution in [0.2, 0.25) is 0 Å². The van der Waals surface area contributed by atoms with E-state index in [1.807, 2.05) is 11.8 Å². The van der Waals surface area contributed by atoms with E-state index in [0.29, 0.717) is 0 Å². The van der Waals surface area contributed by atoms with Gasteiger partial charge in [-0.3, -0.25) is 0 Å². The van der Waals surface area contributed by atoms with Gasteiger partial charge in [0.15, 0.2) is 0 Å². The van der Waals surface area contributed by atoms with E-state index in [-0.39, 0.29) is 18.6 Å². The third-order valence-electron chi connectivity index (χ3n) is 1.94. The van der Waals surface area contributed by atoms with Crippen LogP contribution in [-0.4, -0.2) is 36.8 Å². The highest BCUT2D eigenvalue weighted by atomic mass is 32.2. The summed E-state index contributed by atoms with van der Waals surface area (Å²) in [6.07, 6.45) is 2.04. The van der Waals surface area contributed by atoms with E-state index in [1.54, 1.807) is 0 Å². The highest BCUT2D eigenvalue weighted by molar-refractivity contribution is 7.99. The van der Waals surface area contributed by atoms with Crippen molar-refractivity contribution in [3.05, 3.63) is 0 Å². The first-order valence-corrected chi connectivity index (χ1v) is 5.66. The summed E-state index contributed by atoms with van der Waals surface area (Å²) in [6.45, 7) is -0.402. The number of rotatable bonds is 3. The number of nitrogens with one attached hydrogen (secondary N) is 2. The van der Waals surface area contributed by atoms with Gasteiger partial charge in [0.25, 0.3) is 0 Å². The summed E-state index contributed by atoms with van der Waals surface area (Å²) >= 11 is 1.91. The van der Waals surface area contributed by atoms with Gasteiger partial charge < -0.3 is 10.6 Å².